The number of rotatable bonds is 5. The number of nitrogens with one attached hydrogen (secondary N) is 1. The molecule has 0 saturated carbocycles. The van der Waals surface area contributed by atoms with Gasteiger partial charge in [0.1, 0.15) is 29.7 Å². The van der Waals surface area contributed by atoms with Crippen molar-refractivity contribution in [3.63, 3.8) is 0 Å². The Bertz CT molecular complexity index is 1380. The number of benzene rings is 3. The molecule has 0 saturated heterocycles. The van der Waals surface area contributed by atoms with Crippen molar-refractivity contribution in [1.29, 1.82) is 5.26 Å². The van der Waals surface area contributed by atoms with E-state index in [0.29, 0.717) is 33.8 Å². The third-order valence-electron chi connectivity index (χ3n) is 4.39. The van der Waals surface area contributed by atoms with Crippen molar-refractivity contribution in [3.8, 4) is 17.6 Å². The summed E-state index contributed by atoms with van der Waals surface area (Å²) in [6.07, 6.45) is 2.58. The van der Waals surface area contributed by atoms with E-state index in [1.165, 1.54) is 12.4 Å². The lowest BCUT2D eigenvalue weighted by Crippen LogP contribution is -2.00. The summed E-state index contributed by atoms with van der Waals surface area (Å²) >= 11 is 0. The van der Waals surface area contributed by atoms with Crippen molar-refractivity contribution in [2.24, 2.45) is 0 Å². The first-order chi connectivity index (χ1) is 14.4. The van der Waals surface area contributed by atoms with Crippen LogP contribution in [0.1, 0.15) is 5.56 Å². The summed E-state index contributed by atoms with van der Waals surface area (Å²) < 4.78 is 29.6. The Morgan fingerprint density at radius 2 is 1.77 bits per heavy atom. The van der Waals surface area contributed by atoms with Gasteiger partial charge in [-0.05, 0) is 54.6 Å². The van der Waals surface area contributed by atoms with E-state index in [-0.39, 0.29) is 4.90 Å². The van der Waals surface area contributed by atoms with Crippen molar-refractivity contribution in [1.82, 2.24) is 9.97 Å². The number of hydrogen-bond donors (Lipinski definition) is 1. The Labute approximate surface area is 173 Å². The highest BCUT2D eigenvalue weighted by atomic mass is 32.2. The molecule has 8 heteroatoms. The number of para-hydroxylation sites is 1. The number of hydrogen-bond acceptors (Lipinski definition) is 7. The highest BCUT2D eigenvalue weighted by Crippen LogP contribution is 2.29. The molecule has 0 aliphatic rings. The maximum absolute atomic E-state index is 11.9. The minimum Gasteiger partial charge on any atom is -0.456 e. The maximum atomic E-state index is 11.9. The van der Waals surface area contributed by atoms with Gasteiger partial charge in [0.15, 0.2) is 9.84 Å². The molecule has 0 aliphatic carbocycles. The molecule has 148 valence electrons. The fraction of sp³-hybridized carbons (Fsp3) is 0.0455. The van der Waals surface area contributed by atoms with Gasteiger partial charge < -0.3 is 10.1 Å². The van der Waals surface area contributed by atoms with Crippen LogP contribution >= 0.6 is 0 Å². The van der Waals surface area contributed by atoms with E-state index in [4.69, 9.17) is 4.74 Å². The van der Waals surface area contributed by atoms with E-state index in [9.17, 15) is 13.7 Å². The zero-order chi connectivity index (χ0) is 21.1. The van der Waals surface area contributed by atoms with Crippen LogP contribution in [0.4, 0.5) is 11.5 Å². The van der Waals surface area contributed by atoms with Gasteiger partial charge in [-0.15, -0.1) is 0 Å². The SMILES string of the molecule is CS(=O)(=O)c1ccc2ncnc(Nc3ccc(Oc4ccccc4C#N)cc3)c2c1. The number of aromatic nitrogens is 2. The van der Waals surface area contributed by atoms with Crippen LogP contribution in [-0.4, -0.2) is 24.6 Å². The van der Waals surface area contributed by atoms with Crippen LogP contribution in [0.2, 0.25) is 0 Å². The molecule has 0 bridgehead atoms. The molecule has 30 heavy (non-hydrogen) atoms. The Morgan fingerprint density at radius 1 is 1.00 bits per heavy atom. The fourth-order valence-corrected chi connectivity index (χ4v) is 3.53. The van der Waals surface area contributed by atoms with Gasteiger partial charge in [0, 0.05) is 17.3 Å². The second kappa shape index (κ2) is 7.81. The van der Waals surface area contributed by atoms with Gasteiger partial charge >= 0.3 is 0 Å². The maximum Gasteiger partial charge on any atom is 0.175 e. The monoisotopic (exact) mass is 416 g/mol. The minimum atomic E-state index is -3.35. The van der Waals surface area contributed by atoms with Crippen molar-refractivity contribution < 1.29 is 13.2 Å². The molecular weight excluding hydrogens is 400 g/mol. The Morgan fingerprint density at radius 3 is 2.50 bits per heavy atom. The second-order valence-corrected chi connectivity index (χ2v) is 8.55. The average molecular weight is 416 g/mol. The third kappa shape index (κ3) is 4.06. The highest BCUT2D eigenvalue weighted by molar-refractivity contribution is 7.90. The van der Waals surface area contributed by atoms with Crippen LogP contribution in [0.5, 0.6) is 11.5 Å². The molecule has 4 rings (SSSR count). The van der Waals surface area contributed by atoms with Gasteiger partial charge in [0.05, 0.1) is 16.0 Å². The van der Waals surface area contributed by atoms with Gasteiger partial charge in [0.2, 0.25) is 0 Å². The average Bonchev–Trinajstić information content (AvgIpc) is 2.75. The predicted molar refractivity (Wildman–Crippen MR) is 114 cm³/mol. The number of ether oxygens (including phenoxy) is 1. The summed E-state index contributed by atoms with van der Waals surface area (Å²) in [5, 5.41) is 13.0. The fourth-order valence-electron chi connectivity index (χ4n) is 2.88. The van der Waals surface area contributed by atoms with Crippen LogP contribution < -0.4 is 10.1 Å². The van der Waals surface area contributed by atoms with E-state index < -0.39 is 9.84 Å². The number of nitriles is 1. The molecule has 1 N–H and O–H groups in total. The quantitative estimate of drug-likeness (QED) is 0.513. The molecule has 4 aromatic rings. The van der Waals surface area contributed by atoms with Crippen LogP contribution in [0.15, 0.2) is 78.0 Å². The van der Waals surface area contributed by atoms with Crippen molar-refractivity contribution in [2.45, 2.75) is 4.90 Å². The summed E-state index contributed by atoms with van der Waals surface area (Å²) in [5.74, 6) is 1.56. The lowest BCUT2D eigenvalue weighted by atomic mass is 10.2. The van der Waals surface area contributed by atoms with Crippen LogP contribution in [-0.2, 0) is 9.84 Å². The molecule has 1 heterocycles. The van der Waals surface area contributed by atoms with Gasteiger partial charge in [0.25, 0.3) is 0 Å². The second-order valence-electron chi connectivity index (χ2n) is 6.53. The number of sulfone groups is 1. The molecular formula is C22H16N4O3S. The summed E-state index contributed by atoms with van der Waals surface area (Å²) in [5.41, 5.74) is 1.82. The summed E-state index contributed by atoms with van der Waals surface area (Å²) in [6, 6.07) is 21.0. The van der Waals surface area contributed by atoms with Crippen LogP contribution in [0.25, 0.3) is 10.9 Å². The predicted octanol–water partition coefficient (Wildman–Crippen LogP) is 4.44. The molecule has 3 aromatic carbocycles. The lowest BCUT2D eigenvalue weighted by molar-refractivity contribution is 0.481. The number of anilines is 2. The third-order valence-corrected chi connectivity index (χ3v) is 5.50. The molecule has 7 nitrogen and oxygen atoms in total. The van der Waals surface area contributed by atoms with E-state index in [1.807, 2.05) is 0 Å². The lowest BCUT2D eigenvalue weighted by Gasteiger charge is -2.11. The normalized spacial score (nSPS) is 11.1. The molecule has 0 aliphatic heterocycles. The van der Waals surface area contributed by atoms with Gasteiger partial charge in [-0.3, -0.25) is 0 Å². The zero-order valence-electron chi connectivity index (χ0n) is 15.9. The molecule has 1 aromatic heterocycles. The Hall–Kier alpha value is -3.96. The van der Waals surface area contributed by atoms with Crippen LogP contribution in [0, 0.1) is 11.3 Å². The van der Waals surface area contributed by atoms with E-state index in [2.05, 4.69) is 21.4 Å². The summed E-state index contributed by atoms with van der Waals surface area (Å²) in [7, 11) is -3.35. The first kappa shape index (κ1) is 19.4. The van der Waals surface area contributed by atoms with E-state index in [0.717, 1.165) is 11.9 Å². The van der Waals surface area contributed by atoms with E-state index >= 15 is 0 Å². The van der Waals surface area contributed by atoms with Crippen molar-refractivity contribution in [2.75, 3.05) is 11.6 Å². The Kier molecular flexibility index (Phi) is 5.04. The minimum absolute atomic E-state index is 0.202. The highest BCUT2D eigenvalue weighted by Gasteiger charge is 2.11. The number of nitrogens with zero attached hydrogens (tertiary/aromatic N) is 3. The van der Waals surface area contributed by atoms with Gasteiger partial charge in [-0.2, -0.15) is 5.26 Å². The summed E-state index contributed by atoms with van der Waals surface area (Å²) in [4.78, 5) is 8.65. The zero-order valence-corrected chi connectivity index (χ0v) is 16.7. The largest absolute Gasteiger partial charge is 0.456 e. The molecule has 0 atom stereocenters. The number of fused-ring (bicyclic) bond motifs is 1. The molecule has 0 amide bonds. The van der Waals surface area contributed by atoms with E-state index in [1.54, 1.807) is 60.7 Å². The van der Waals surface area contributed by atoms with Gasteiger partial charge in [-0.25, -0.2) is 18.4 Å². The van der Waals surface area contributed by atoms with Crippen molar-refractivity contribution >= 4 is 32.2 Å². The first-order valence-electron chi connectivity index (χ1n) is 8.93. The first-order valence-corrected chi connectivity index (χ1v) is 10.8. The summed E-state index contributed by atoms with van der Waals surface area (Å²) in [6.45, 7) is 0. The molecule has 0 unspecified atom stereocenters. The van der Waals surface area contributed by atoms with Gasteiger partial charge in [-0.1, -0.05) is 12.1 Å². The van der Waals surface area contributed by atoms with Crippen molar-refractivity contribution in [3.05, 3.63) is 78.6 Å². The topological polar surface area (TPSA) is 105 Å². The molecule has 0 spiro atoms. The Balaban J connectivity index is 1.61. The molecule has 0 radical (unpaired) electrons. The van der Waals surface area contributed by atoms with Crippen LogP contribution in [0.3, 0.4) is 0 Å². The smallest absolute Gasteiger partial charge is 0.175 e. The standard InChI is InChI=1S/C22H16N4O3S/c1-30(27,28)18-10-11-20-19(12-18)22(25-14-24-20)26-16-6-8-17(9-7-16)29-21-5-3-2-4-15(21)13-23/h2-12,14H,1H3,(H,24,25,26). The molecule has 0 fully saturated rings.